The lowest BCUT2D eigenvalue weighted by Crippen LogP contribution is -2.41. The van der Waals surface area contributed by atoms with Gasteiger partial charge in [0.15, 0.2) is 0 Å². The largest absolute Gasteiger partial charge is 0.369 e. The standard InChI is InChI=1S/C14H21FN2/c1-10-8-11(2)14(13(15)9-10)17-6-4-12(16-3)5-7-17/h8-9,12,16H,4-7H2,1-3H3. The molecule has 0 atom stereocenters. The predicted molar refractivity (Wildman–Crippen MR) is 70.2 cm³/mol. The molecule has 0 radical (unpaired) electrons. The van der Waals surface area contributed by atoms with Gasteiger partial charge in [0, 0.05) is 19.1 Å². The van der Waals surface area contributed by atoms with Gasteiger partial charge in [0.05, 0.1) is 5.69 Å². The maximum absolute atomic E-state index is 14.0. The van der Waals surface area contributed by atoms with Crippen LogP contribution >= 0.6 is 0 Å². The minimum Gasteiger partial charge on any atom is -0.369 e. The molecular formula is C14H21FN2. The lowest BCUT2D eigenvalue weighted by Gasteiger charge is -2.34. The average molecular weight is 236 g/mol. The number of rotatable bonds is 2. The van der Waals surface area contributed by atoms with Crippen molar-refractivity contribution in [1.29, 1.82) is 0 Å². The minimum absolute atomic E-state index is 0.0783. The van der Waals surface area contributed by atoms with E-state index >= 15 is 0 Å². The van der Waals surface area contributed by atoms with E-state index < -0.39 is 0 Å². The van der Waals surface area contributed by atoms with Crippen LogP contribution in [0, 0.1) is 19.7 Å². The topological polar surface area (TPSA) is 15.3 Å². The molecule has 2 rings (SSSR count). The number of hydrogen-bond donors (Lipinski definition) is 1. The molecule has 0 spiro atoms. The zero-order valence-electron chi connectivity index (χ0n) is 10.9. The Kier molecular flexibility index (Phi) is 3.67. The van der Waals surface area contributed by atoms with Crippen LogP contribution in [0.25, 0.3) is 0 Å². The summed E-state index contributed by atoms with van der Waals surface area (Å²) >= 11 is 0. The highest BCUT2D eigenvalue weighted by atomic mass is 19.1. The maximum Gasteiger partial charge on any atom is 0.147 e. The van der Waals surface area contributed by atoms with Crippen molar-refractivity contribution in [3.05, 3.63) is 29.1 Å². The zero-order valence-corrected chi connectivity index (χ0v) is 10.9. The fourth-order valence-corrected chi connectivity index (χ4v) is 2.70. The van der Waals surface area contributed by atoms with Gasteiger partial charge in [-0.2, -0.15) is 0 Å². The highest BCUT2D eigenvalue weighted by Gasteiger charge is 2.21. The Hall–Kier alpha value is -1.09. The summed E-state index contributed by atoms with van der Waals surface area (Å²) in [5.74, 6) is -0.0783. The number of benzene rings is 1. The van der Waals surface area contributed by atoms with Crippen LogP contribution in [0.15, 0.2) is 12.1 Å². The summed E-state index contributed by atoms with van der Waals surface area (Å²) in [6.45, 7) is 5.81. The Bertz CT molecular complexity index is 372. The average Bonchev–Trinajstić information content (AvgIpc) is 2.28. The first kappa shape index (κ1) is 12.4. The molecule has 1 fully saturated rings. The second-order valence-electron chi connectivity index (χ2n) is 4.96. The van der Waals surface area contributed by atoms with Crippen LogP contribution in [0.4, 0.5) is 10.1 Å². The summed E-state index contributed by atoms with van der Waals surface area (Å²) in [6.07, 6.45) is 2.17. The number of halogens is 1. The molecule has 0 bridgehead atoms. The van der Waals surface area contributed by atoms with Crippen molar-refractivity contribution < 1.29 is 4.39 Å². The summed E-state index contributed by atoms with van der Waals surface area (Å²) < 4.78 is 14.0. The third-order valence-corrected chi connectivity index (χ3v) is 3.62. The molecule has 1 heterocycles. The molecule has 1 aliphatic heterocycles. The van der Waals surface area contributed by atoms with Gasteiger partial charge in [-0.25, -0.2) is 4.39 Å². The van der Waals surface area contributed by atoms with Crippen LogP contribution in [0.2, 0.25) is 0 Å². The number of nitrogens with zero attached hydrogens (tertiary/aromatic N) is 1. The third-order valence-electron chi connectivity index (χ3n) is 3.62. The fraction of sp³-hybridized carbons (Fsp3) is 0.571. The molecule has 1 aromatic rings. The number of hydrogen-bond acceptors (Lipinski definition) is 2. The number of piperidine rings is 1. The van der Waals surface area contributed by atoms with Crippen molar-refractivity contribution in [3.8, 4) is 0 Å². The first-order valence-electron chi connectivity index (χ1n) is 6.30. The zero-order chi connectivity index (χ0) is 12.4. The van der Waals surface area contributed by atoms with Crippen LogP contribution in [0.5, 0.6) is 0 Å². The molecule has 1 saturated heterocycles. The van der Waals surface area contributed by atoms with E-state index in [4.69, 9.17) is 0 Å². The van der Waals surface area contributed by atoms with Gasteiger partial charge in [0.1, 0.15) is 5.82 Å². The van der Waals surface area contributed by atoms with Crippen LogP contribution in [0.3, 0.4) is 0 Å². The summed E-state index contributed by atoms with van der Waals surface area (Å²) in [4.78, 5) is 2.18. The van der Waals surface area contributed by atoms with Crippen molar-refractivity contribution in [3.63, 3.8) is 0 Å². The summed E-state index contributed by atoms with van der Waals surface area (Å²) in [7, 11) is 2.00. The van der Waals surface area contributed by atoms with Crippen molar-refractivity contribution in [2.75, 3.05) is 25.0 Å². The quantitative estimate of drug-likeness (QED) is 0.849. The molecule has 0 amide bonds. The monoisotopic (exact) mass is 236 g/mol. The molecule has 1 aliphatic rings. The van der Waals surface area contributed by atoms with Crippen LogP contribution in [-0.4, -0.2) is 26.2 Å². The van der Waals surface area contributed by atoms with Gasteiger partial charge in [0.25, 0.3) is 0 Å². The molecule has 1 N–H and O–H groups in total. The molecule has 0 aromatic heterocycles. The Morgan fingerprint density at radius 2 is 1.88 bits per heavy atom. The second-order valence-corrected chi connectivity index (χ2v) is 4.96. The molecule has 0 saturated carbocycles. The normalized spacial score (nSPS) is 17.5. The highest BCUT2D eigenvalue weighted by molar-refractivity contribution is 5.56. The molecule has 1 aromatic carbocycles. The van der Waals surface area contributed by atoms with Gasteiger partial charge in [0.2, 0.25) is 0 Å². The van der Waals surface area contributed by atoms with E-state index in [-0.39, 0.29) is 5.82 Å². The van der Waals surface area contributed by atoms with E-state index in [0.29, 0.717) is 6.04 Å². The number of nitrogens with one attached hydrogen (secondary N) is 1. The number of anilines is 1. The third kappa shape index (κ3) is 2.60. The summed E-state index contributed by atoms with van der Waals surface area (Å²) in [5.41, 5.74) is 2.84. The van der Waals surface area contributed by atoms with Gasteiger partial charge < -0.3 is 10.2 Å². The summed E-state index contributed by atoms with van der Waals surface area (Å²) in [5, 5.41) is 3.29. The van der Waals surface area contributed by atoms with Crippen molar-refractivity contribution >= 4 is 5.69 Å². The molecule has 0 unspecified atom stereocenters. The number of aryl methyl sites for hydroxylation is 2. The van der Waals surface area contributed by atoms with E-state index in [1.54, 1.807) is 6.07 Å². The first-order valence-corrected chi connectivity index (χ1v) is 6.30. The van der Waals surface area contributed by atoms with Crippen molar-refractivity contribution in [2.24, 2.45) is 0 Å². The van der Waals surface area contributed by atoms with Gasteiger partial charge in [-0.1, -0.05) is 6.07 Å². The first-order chi connectivity index (χ1) is 8.11. The minimum atomic E-state index is -0.0783. The molecule has 94 valence electrons. The van der Waals surface area contributed by atoms with Crippen molar-refractivity contribution in [2.45, 2.75) is 32.7 Å². The van der Waals surface area contributed by atoms with Gasteiger partial charge in [-0.3, -0.25) is 0 Å². The fourth-order valence-electron chi connectivity index (χ4n) is 2.70. The molecule has 3 heteroatoms. The molecule has 2 nitrogen and oxygen atoms in total. The van der Waals surface area contributed by atoms with Crippen LogP contribution < -0.4 is 10.2 Å². The maximum atomic E-state index is 14.0. The van der Waals surface area contributed by atoms with Gasteiger partial charge in [-0.05, 0) is 50.9 Å². The highest BCUT2D eigenvalue weighted by Crippen LogP contribution is 2.28. The van der Waals surface area contributed by atoms with E-state index in [2.05, 4.69) is 16.3 Å². The Morgan fingerprint density at radius 1 is 1.24 bits per heavy atom. The molecule has 17 heavy (non-hydrogen) atoms. The Morgan fingerprint density at radius 3 is 2.41 bits per heavy atom. The van der Waals surface area contributed by atoms with E-state index in [0.717, 1.165) is 42.7 Å². The second kappa shape index (κ2) is 5.05. The Labute approximate surface area is 103 Å². The van der Waals surface area contributed by atoms with Crippen molar-refractivity contribution in [1.82, 2.24) is 5.32 Å². The smallest absolute Gasteiger partial charge is 0.147 e. The molecule has 0 aliphatic carbocycles. The predicted octanol–water partition coefficient (Wildman–Crippen LogP) is 2.63. The molecular weight excluding hydrogens is 215 g/mol. The van der Waals surface area contributed by atoms with Gasteiger partial charge >= 0.3 is 0 Å². The lowest BCUT2D eigenvalue weighted by molar-refractivity contribution is 0.438. The lowest BCUT2D eigenvalue weighted by atomic mass is 10.0. The van der Waals surface area contributed by atoms with E-state index in [9.17, 15) is 4.39 Å². The van der Waals surface area contributed by atoms with Crippen LogP contribution in [0.1, 0.15) is 24.0 Å². The van der Waals surface area contributed by atoms with E-state index in [1.165, 1.54) is 0 Å². The SMILES string of the molecule is CNC1CCN(c2c(C)cc(C)cc2F)CC1. The Balaban J connectivity index is 2.18. The van der Waals surface area contributed by atoms with Gasteiger partial charge in [-0.15, -0.1) is 0 Å². The van der Waals surface area contributed by atoms with Crippen LogP contribution in [-0.2, 0) is 0 Å². The summed E-state index contributed by atoms with van der Waals surface area (Å²) in [6, 6.07) is 4.27. The van der Waals surface area contributed by atoms with E-state index in [1.807, 2.05) is 20.9 Å².